The first kappa shape index (κ1) is 13.9. The molecule has 2 nitrogen and oxygen atoms in total. The Morgan fingerprint density at radius 3 is 2.53 bits per heavy atom. The number of alkyl halides is 3. The second kappa shape index (κ2) is 5.21. The maximum atomic E-state index is 12.5. The fraction of sp³-hybridized carbons (Fsp3) is 0.154. The highest BCUT2D eigenvalue weighted by atomic mass is 79.9. The van der Waals surface area contributed by atoms with Gasteiger partial charge in [-0.3, -0.25) is 0 Å². The van der Waals surface area contributed by atoms with Gasteiger partial charge >= 0.3 is 6.18 Å². The molecule has 0 aliphatic rings. The topological polar surface area (TPSA) is 22.1 Å². The van der Waals surface area contributed by atoms with Crippen molar-refractivity contribution in [2.24, 2.45) is 0 Å². The smallest absolute Gasteiger partial charge is 0.416 e. The second-order valence-corrected chi connectivity index (χ2v) is 4.70. The van der Waals surface area contributed by atoms with Crippen LogP contribution < -0.4 is 4.74 Å². The summed E-state index contributed by atoms with van der Waals surface area (Å²) in [5, 5.41) is 0. The Labute approximate surface area is 116 Å². The van der Waals surface area contributed by atoms with E-state index in [1.807, 2.05) is 0 Å². The molecule has 2 aromatic rings. The molecule has 0 bridgehead atoms. The molecule has 0 unspecified atom stereocenters. The van der Waals surface area contributed by atoms with E-state index in [1.54, 1.807) is 19.1 Å². The zero-order chi connectivity index (χ0) is 14.0. The number of halogens is 4. The molecule has 1 heterocycles. The average molecular weight is 332 g/mol. The van der Waals surface area contributed by atoms with Gasteiger partial charge in [-0.15, -0.1) is 0 Å². The van der Waals surface area contributed by atoms with Gasteiger partial charge in [-0.05, 0) is 47.1 Å². The van der Waals surface area contributed by atoms with Crippen molar-refractivity contribution < 1.29 is 17.9 Å². The third-order valence-electron chi connectivity index (χ3n) is 2.38. The Morgan fingerprint density at radius 2 is 1.89 bits per heavy atom. The highest BCUT2D eigenvalue weighted by Gasteiger charge is 2.30. The van der Waals surface area contributed by atoms with Crippen LogP contribution in [0.1, 0.15) is 11.3 Å². The minimum Gasteiger partial charge on any atom is -0.439 e. The Morgan fingerprint density at radius 1 is 1.16 bits per heavy atom. The number of aromatic nitrogens is 1. The molecule has 0 amide bonds. The Hall–Kier alpha value is -1.56. The number of nitrogens with zero attached hydrogens (tertiary/aromatic N) is 1. The van der Waals surface area contributed by atoms with Crippen molar-refractivity contribution in [3.8, 4) is 11.6 Å². The van der Waals surface area contributed by atoms with Gasteiger partial charge in [-0.2, -0.15) is 13.2 Å². The minimum atomic E-state index is -4.39. The van der Waals surface area contributed by atoms with Crippen LogP contribution in [0.5, 0.6) is 11.6 Å². The van der Waals surface area contributed by atoms with E-state index in [1.165, 1.54) is 12.1 Å². The predicted octanol–water partition coefficient (Wildman–Crippen LogP) is 4.96. The first-order valence-corrected chi connectivity index (χ1v) is 6.14. The zero-order valence-electron chi connectivity index (χ0n) is 9.83. The summed E-state index contributed by atoms with van der Waals surface area (Å²) in [6.45, 7) is 1.77. The summed E-state index contributed by atoms with van der Waals surface area (Å²) in [7, 11) is 0. The van der Waals surface area contributed by atoms with Gasteiger partial charge in [0.15, 0.2) is 0 Å². The van der Waals surface area contributed by atoms with Gasteiger partial charge in [-0.1, -0.05) is 6.07 Å². The number of benzene rings is 1. The first-order valence-electron chi connectivity index (χ1n) is 5.34. The second-order valence-electron chi connectivity index (χ2n) is 3.84. The van der Waals surface area contributed by atoms with Crippen LogP contribution in [0, 0.1) is 6.92 Å². The molecule has 0 N–H and O–H groups in total. The standard InChI is InChI=1S/C13H9BrF3NO/c1-8-11(14)5-6-12(18-8)19-10-4-2-3-9(7-10)13(15,16)17/h2-7H,1H3. The van der Waals surface area contributed by atoms with Crippen LogP contribution in [-0.4, -0.2) is 4.98 Å². The molecule has 0 aliphatic carbocycles. The molecule has 0 spiro atoms. The molecule has 1 aromatic carbocycles. The van der Waals surface area contributed by atoms with Crippen molar-refractivity contribution in [3.63, 3.8) is 0 Å². The van der Waals surface area contributed by atoms with E-state index in [-0.39, 0.29) is 11.6 Å². The monoisotopic (exact) mass is 331 g/mol. The molecule has 0 radical (unpaired) electrons. The lowest BCUT2D eigenvalue weighted by atomic mass is 10.2. The van der Waals surface area contributed by atoms with E-state index in [9.17, 15) is 13.2 Å². The molecule has 2 rings (SSSR count). The molecule has 19 heavy (non-hydrogen) atoms. The normalized spacial score (nSPS) is 11.4. The quantitative estimate of drug-likeness (QED) is 0.775. The van der Waals surface area contributed by atoms with Crippen molar-refractivity contribution in [1.29, 1.82) is 0 Å². The highest BCUT2D eigenvalue weighted by Crippen LogP contribution is 2.32. The van der Waals surface area contributed by atoms with Crippen molar-refractivity contribution in [2.75, 3.05) is 0 Å². The van der Waals surface area contributed by atoms with Crippen molar-refractivity contribution in [3.05, 3.63) is 52.1 Å². The Kier molecular flexibility index (Phi) is 3.80. The van der Waals surface area contributed by atoms with Crippen LogP contribution in [-0.2, 0) is 6.18 Å². The molecule has 100 valence electrons. The molecule has 0 saturated heterocycles. The summed E-state index contributed by atoms with van der Waals surface area (Å²) in [6, 6.07) is 7.99. The van der Waals surface area contributed by atoms with Gasteiger partial charge in [0, 0.05) is 10.5 Å². The maximum Gasteiger partial charge on any atom is 0.416 e. The fourth-order valence-corrected chi connectivity index (χ4v) is 1.66. The number of rotatable bonds is 2. The first-order chi connectivity index (χ1) is 8.86. The molecule has 0 fully saturated rings. The average Bonchev–Trinajstić information content (AvgIpc) is 2.33. The van der Waals surface area contributed by atoms with E-state index < -0.39 is 11.7 Å². The fourth-order valence-electron chi connectivity index (χ4n) is 1.43. The summed E-state index contributed by atoms with van der Waals surface area (Å²) >= 11 is 3.29. The van der Waals surface area contributed by atoms with Gasteiger partial charge in [0.1, 0.15) is 5.75 Å². The molecular formula is C13H9BrF3NO. The number of hydrogen-bond acceptors (Lipinski definition) is 2. The van der Waals surface area contributed by atoms with Crippen LogP contribution in [0.3, 0.4) is 0 Å². The molecule has 0 aliphatic heterocycles. The Bertz CT molecular complexity index is 599. The van der Waals surface area contributed by atoms with Crippen molar-refractivity contribution in [1.82, 2.24) is 4.98 Å². The van der Waals surface area contributed by atoms with Crippen molar-refractivity contribution >= 4 is 15.9 Å². The molecular weight excluding hydrogens is 323 g/mol. The van der Waals surface area contributed by atoms with Crippen LogP contribution >= 0.6 is 15.9 Å². The lowest BCUT2D eigenvalue weighted by Crippen LogP contribution is -2.04. The van der Waals surface area contributed by atoms with Gasteiger partial charge in [0.05, 0.1) is 11.3 Å². The number of pyridine rings is 1. The number of hydrogen-bond donors (Lipinski definition) is 0. The van der Waals surface area contributed by atoms with Crippen LogP contribution in [0.25, 0.3) is 0 Å². The molecule has 1 aromatic heterocycles. The molecule has 0 saturated carbocycles. The lowest BCUT2D eigenvalue weighted by molar-refractivity contribution is -0.137. The van der Waals surface area contributed by atoms with E-state index in [4.69, 9.17) is 4.74 Å². The number of aryl methyl sites for hydroxylation is 1. The van der Waals surface area contributed by atoms with Crippen LogP contribution in [0.4, 0.5) is 13.2 Å². The van der Waals surface area contributed by atoms with Crippen molar-refractivity contribution in [2.45, 2.75) is 13.1 Å². The van der Waals surface area contributed by atoms with Gasteiger partial charge in [0.2, 0.25) is 5.88 Å². The van der Waals surface area contributed by atoms with E-state index >= 15 is 0 Å². The SMILES string of the molecule is Cc1nc(Oc2cccc(C(F)(F)F)c2)ccc1Br. The van der Waals surface area contributed by atoms with Crippen LogP contribution in [0.15, 0.2) is 40.9 Å². The van der Waals surface area contributed by atoms with E-state index in [0.717, 1.165) is 16.6 Å². The summed E-state index contributed by atoms with van der Waals surface area (Å²) < 4.78 is 43.8. The maximum absolute atomic E-state index is 12.5. The van der Waals surface area contributed by atoms with Crippen LogP contribution in [0.2, 0.25) is 0 Å². The summed E-state index contributed by atoms with van der Waals surface area (Å²) in [5.74, 6) is 0.351. The van der Waals surface area contributed by atoms with Gasteiger partial charge < -0.3 is 4.74 Å². The third kappa shape index (κ3) is 3.47. The molecule has 0 atom stereocenters. The minimum absolute atomic E-state index is 0.101. The van der Waals surface area contributed by atoms with E-state index in [2.05, 4.69) is 20.9 Å². The lowest BCUT2D eigenvalue weighted by Gasteiger charge is -2.10. The predicted molar refractivity (Wildman–Crippen MR) is 68.2 cm³/mol. The largest absolute Gasteiger partial charge is 0.439 e. The van der Waals surface area contributed by atoms with Gasteiger partial charge in [0.25, 0.3) is 0 Å². The summed E-state index contributed by atoms with van der Waals surface area (Å²) in [4.78, 5) is 4.11. The van der Waals surface area contributed by atoms with Gasteiger partial charge in [-0.25, -0.2) is 4.98 Å². The summed E-state index contributed by atoms with van der Waals surface area (Å²) in [6.07, 6.45) is -4.39. The molecule has 6 heteroatoms. The summed E-state index contributed by atoms with van der Waals surface area (Å²) in [5.41, 5.74) is -0.0525. The zero-order valence-corrected chi connectivity index (χ0v) is 11.4. The third-order valence-corrected chi connectivity index (χ3v) is 3.22. The van der Waals surface area contributed by atoms with E-state index in [0.29, 0.717) is 5.69 Å². The Balaban J connectivity index is 2.26. The highest BCUT2D eigenvalue weighted by molar-refractivity contribution is 9.10. The number of ether oxygens (including phenoxy) is 1.